The molecule has 0 aliphatic heterocycles. The van der Waals surface area contributed by atoms with E-state index in [1.54, 1.807) is 19.1 Å². The summed E-state index contributed by atoms with van der Waals surface area (Å²) in [5.41, 5.74) is 2.75. The smallest absolute Gasteiger partial charge is 0.277 e. The lowest BCUT2D eigenvalue weighted by molar-refractivity contribution is 0.101. The average molecular weight is 284 g/mol. The van der Waals surface area contributed by atoms with Crippen LogP contribution in [0.15, 0.2) is 28.8 Å². The molecule has 0 saturated heterocycles. The van der Waals surface area contributed by atoms with Gasteiger partial charge in [0.1, 0.15) is 5.76 Å². The quantitative estimate of drug-likeness (QED) is 0.848. The predicted molar refractivity (Wildman–Crippen MR) is 79.0 cm³/mol. The number of hydrogen-bond donors (Lipinski definition) is 2. The molecule has 2 N–H and O–H groups in total. The van der Waals surface area contributed by atoms with Crippen molar-refractivity contribution in [3.8, 4) is 11.8 Å². The fourth-order valence-corrected chi connectivity index (χ4v) is 1.76. The zero-order valence-corrected chi connectivity index (χ0v) is 11.9. The third-order valence-corrected chi connectivity index (χ3v) is 2.80. The van der Waals surface area contributed by atoms with E-state index in [0.717, 1.165) is 11.1 Å². The summed E-state index contributed by atoms with van der Waals surface area (Å²) in [6, 6.07) is 7.04. The highest BCUT2D eigenvalue weighted by atomic mass is 16.5. The fraction of sp³-hybridized carbons (Fsp3) is 0.250. The van der Waals surface area contributed by atoms with Crippen LogP contribution in [0.25, 0.3) is 0 Å². The van der Waals surface area contributed by atoms with Crippen LogP contribution in [0.1, 0.15) is 33.8 Å². The standard InChI is InChI=1S/C16H16N2O3/c1-11-9-14(7-6-13(11)5-3-4-8-19)17-16(20)15-10-12(2)21-18-15/h6-7,9-10,19H,4,8H2,1-2H3,(H,17,20). The number of aryl methyl sites for hydroxylation is 2. The van der Waals surface area contributed by atoms with Crippen LogP contribution in [-0.2, 0) is 0 Å². The number of hydrogen-bond acceptors (Lipinski definition) is 4. The summed E-state index contributed by atoms with van der Waals surface area (Å²) >= 11 is 0. The number of aliphatic hydroxyl groups excluding tert-OH is 1. The third-order valence-electron chi connectivity index (χ3n) is 2.80. The molecule has 21 heavy (non-hydrogen) atoms. The molecule has 108 valence electrons. The van der Waals surface area contributed by atoms with Gasteiger partial charge < -0.3 is 14.9 Å². The molecule has 2 aromatic rings. The Kier molecular flexibility index (Phi) is 4.75. The van der Waals surface area contributed by atoms with Crippen LogP contribution in [0.3, 0.4) is 0 Å². The maximum absolute atomic E-state index is 11.9. The maximum atomic E-state index is 11.9. The summed E-state index contributed by atoms with van der Waals surface area (Å²) in [5, 5.41) is 15.1. The van der Waals surface area contributed by atoms with E-state index in [-0.39, 0.29) is 18.2 Å². The Morgan fingerprint density at radius 2 is 2.19 bits per heavy atom. The van der Waals surface area contributed by atoms with Crippen LogP contribution >= 0.6 is 0 Å². The van der Waals surface area contributed by atoms with Crippen molar-refractivity contribution in [3.63, 3.8) is 0 Å². The Balaban J connectivity index is 2.10. The van der Waals surface area contributed by atoms with E-state index >= 15 is 0 Å². The highest BCUT2D eigenvalue weighted by Gasteiger charge is 2.11. The van der Waals surface area contributed by atoms with Gasteiger partial charge in [-0.05, 0) is 37.6 Å². The topological polar surface area (TPSA) is 75.4 Å². The van der Waals surface area contributed by atoms with Gasteiger partial charge in [0, 0.05) is 23.7 Å². The molecule has 1 amide bonds. The second kappa shape index (κ2) is 6.73. The van der Waals surface area contributed by atoms with E-state index in [1.807, 2.05) is 19.1 Å². The first-order valence-electron chi connectivity index (χ1n) is 6.55. The summed E-state index contributed by atoms with van der Waals surface area (Å²) in [6.45, 7) is 3.70. The van der Waals surface area contributed by atoms with Gasteiger partial charge in [0.2, 0.25) is 0 Å². The number of aromatic nitrogens is 1. The van der Waals surface area contributed by atoms with Crippen LogP contribution in [0.5, 0.6) is 0 Å². The van der Waals surface area contributed by atoms with Gasteiger partial charge in [-0.3, -0.25) is 4.79 Å². The van der Waals surface area contributed by atoms with Gasteiger partial charge in [-0.25, -0.2) is 0 Å². The minimum absolute atomic E-state index is 0.0529. The molecule has 1 aromatic carbocycles. The van der Waals surface area contributed by atoms with Gasteiger partial charge in [-0.1, -0.05) is 17.0 Å². The van der Waals surface area contributed by atoms with Crippen LogP contribution in [0, 0.1) is 25.7 Å². The first kappa shape index (κ1) is 14.8. The number of aliphatic hydroxyl groups is 1. The summed E-state index contributed by atoms with van der Waals surface area (Å²) < 4.78 is 4.87. The molecule has 5 nitrogen and oxygen atoms in total. The van der Waals surface area contributed by atoms with Crippen LogP contribution < -0.4 is 5.32 Å². The average Bonchev–Trinajstić information content (AvgIpc) is 2.88. The van der Waals surface area contributed by atoms with E-state index in [1.165, 1.54) is 0 Å². The first-order chi connectivity index (χ1) is 10.1. The lowest BCUT2D eigenvalue weighted by Gasteiger charge is -2.05. The first-order valence-corrected chi connectivity index (χ1v) is 6.55. The largest absolute Gasteiger partial charge is 0.395 e. The molecule has 2 rings (SSSR count). The molecule has 0 aliphatic rings. The summed E-state index contributed by atoms with van der Waals surface area (Å²) in [4.78, 5) is 11.9. The number of anilines is 1. The molecule has 0 radical (unpaired) electrons. The summed E-state index contributed by atoms with van der Waals surface area (Å²) in [7, 11) is 0. The molecule has 0 aliphatic carbocycles. The van der Waals surface area contributed by atoms with Crippen LogP contribution in [-0.4, -0.2) is 22.8 Å². The highest BCUT2D eigenvalue weighted by molar-refractivity contribution is 6.02. The number of rotatable bonds is 3. The van der Waals surface area contributed by atoms with Gasteiger partial charge in [-0.2, -0.15) is 0 Å². The second-order valence-corrected chi connectivity index (χ2v) is 4.58. The lowest BCUT2D eigenvalue weighted by atomic mass is 10.1. The highest BCUT2D eigenvalue weighted by Crippen LogP contribution is 2.15. The molecule has 0 atom stereocenters. The van der Waals surface area contributed by atoms with E-state index in [2.05, 4.69) is 22.3 Å². The zero-order chi connectivity index (χ0) is 15.2. The van der Waals surface area contributed by atoms with Crippen molar-refractivity contribution in [2.75, 3.05) is 11.9 Å². The number of nitrogens with one attached hydrogen (secondary N) is 1. The van der Waals surface area contributed by atoms with Crippen molar-refractivity contribution in [2.45, 2.75) is 20.3 Å². The molecule has 0 unspecified atom stereocenters. The molecular formula is C16H16N2O3. The number of carbonyl (C=O) groups excluding carboxylic acids is 1. The monoisotopic (exact) mass is 284 g/mol. The SMILES string of the molecule is Cc1cc(C(=O)Nc2ccc(C#CCCO)c(C)c2)no1. The van der Waals surface area contributed by atoms with Crippen LogP contribution in [0.2, 0.25) is 0 Å². The third kappa shape index (κ3) is 3.94. The summed E-state index contributed by atoms with van der Waals surface area (Å²) in [6.07, 6.45) is 0.448. The molecule has 1 aromatic heterocycles. The zero-order valence-electron chi connectivity index (χ0n) is 11.9. The minimum Gasteiger partial charge on any atom is -0.395 e. The van der Waals surface area contributed by atoms with E-state index in [0.29, 0.717) is 17.9 Å². The van der Waals surface area contributed by atoms with E-state index in [9.17, 15) is 4.79 Å². The summed E-state index contributed by atoms with van der Waals surface area (Å²) in [5.74, 6) is 6.12. The van der Waals surface area contributed by atoms with Crippen molar-refractivity contribution in [1.82, 2.24) is 5.16 Å². The van der Waals surface area contributed by atoms with Crippen LogP contribution in [0.4, 0.5) is 5.69 Å². The Hall–Kier alpha value is -2.58. The molecule has 0 bridgehead atoms. The van der Waals surface area contributed by atoms with Gasteiger partial charge in [0.15, 0.2) is 5.69 Å². The Labute approximate surface area is 123 Å². The van der Waals surface area contributed by atoms with Gasteiger partial charge >= 0.3 is 0 Å². The second-order valence-electron chi connectivity index (χ2n) is 4.58. The molecule has 5 heteroatoms. The van der Waals surface area contributed by atoms with Gasteiger partial charge in [-0.15, -0.1) is 0 Å². The molecule has 0 fully saturated rings. The van der Waals surface area contributed by atoms with Gasteiger partial charge in [0.25, 0.3) is 5.91 Å². The molecule has 0 spiro atoms. The minimum atomic E-state index is -0.314. The van der Waals surface area contributed by atoms with Gasteiger partial charge in [0.05, 0.1) is 6.61 Å². The number of amides is 1. The number of benzene rings is 1. The molecular weight excluding hydrogens is 268 g/mol. The Bertz CT molecular complexity index is 708. The van der Waals surface area contributed by atoms with Crippen molar-refractivity contribution < 1.29 is 14.4 Å². The van der Waals surface area contributed by atoms with Crippen molar-refractivity contribution >= 4 is 11.6 Å². The lowest BCUT2D eigenvalue weighted by Crippen LogP contribution is -2.12. The molecule has 0 saturated carbocycles. The Morgan fingerprint density at radius 3 is 2.81 bits per heavy atom. The number of carbonyl (C=O) groups is 1. The van der Waals surface area contributed by atoms with Crippen molar-refractivity contribution in [2.24, 2.45) is 0 Å². The fourth-order valence-electron chi connectivity index (χ4n) is 1.76. The van der Waals surface area contributed by atoms with E-state index < -0.39 is 0 Å². The van der Waals surface area contributed by atoms with Crippen molar-refractivity contribution in [1.29, 1.82) is 0 Å². The maximum Gasteiger partial charge on any atom is 0.277 e. The predicted octanol–water partition coefficient (Wildman–Crippen LogP) is 2.28. The molecule has 1 heterocycles. The normalized spacial score (nSPS) is 9.86. The number of nitrogens with zero attached hydrogens (tertiary/aromatic N) is 1. The Morgan fingerprint density at radius 1 is 1.38 bits per heavy atom. The van der Waals surface area contributed by atoms with Crippen molar-refractivity contribution in [3.05, 3.63) is 46.8 Å². The van der Waals surface area contributed by atoms with E-state index in [4.69, 9.17) is 9.63 Å².